The van der Waals surface area contributed by atoms with Crippen molar-refractivity contribution in [1.29, 1.82) is 0 Å². The summed E-state index contributed by atoms with van der Waals surface area (Å²) in [6.45, 7) is 0.245. The predicted octanol–water partition coefficient (Wildman–Crippen LogP) is 2.40. The Morgan fingerprint density at radius 1 is 0.952 bits per heavy atom. The van der Waals surface area contributed by atoms with Gasteiger partial charge in [-0.3, -0.25) is 0 Å². The van der Waals surface area contributed by atoms with Crippen LogP contribution in [0.4, 0.5) is 5.69 Å². The van der Waals surface area contributed by atoms with E-state index in [-0.39, 0.29) is 23.4 Å². The fraction of sp³-hybridized carbons (Fsp3) is 0.0667. The lowest BCUT2D eigenvalue weighted by atomic mass is 10.1. The summed E-state index contributed by atoms with van der Waals surface area (Å²) in [5, 5.41) is 30.5. The van der Waals surface area contributed by atoms with Crippen LogP contribution in [-0.2, 0) is 6.54 Å². The Morgan fingerprint density at radius 2 is 1.52 bits per heavy atom. The van der Waals surface area contributed by atoms with Gasteiger partial charge < -0.3 is 20.6 Å². The molecule has 2 rings (SSSR count). The number of anilines is 1. The first-order chi connectivity index (χ1) is 9.97. The van der Waals surface area contributed by atoms with E-state index in [9.17, 15) is 14.7 Å². The Morgan fingerprint density at radius 3 is 2.05 bits per heavy atom. The molecule has 0 amide bonds. The summed E-state index contributed by atoms with van der Waals surface area (Å²) in [5.74, 6) is -2.30. The average Bonchev–Trinajstić information content (AvgIpc) is 2.46. The second-order valence-electron chi connectivity index (χ2n) is 4.39. The van der Waals surface area contributed by atoms with Crippen molar-refractivity contribution in [3.05, 3.63) is 59.2 Å². The van der Waals surface area contributed by atoms with Crippen molar-refractivity contribution in [2.75, 3.05) is 5.32 Å². The highest BCUT2D eigenvalue weighted by atomic mass is 16.4. The van der Waals surface area contributed by atoms with Gasteiger partial charge >= 0.3 is 11.9 Å². The first-order valence-electron chi connectivity index (χ1n) is 6.10. The van der Waals surface area contributed by atoms with Gasteiger partial charge in [-0.25, -0.2) is 9.59 Å². The number of carbonyl (C=O) groups is 2. The quantitative estimate of drug-likeness (QED) is 0.672. The third-order valence-corrected chi connectivity index (χ3v) is 2.90. The van der Waals surface area contributed by atoms with E-state index in [1.807, 2.05) is 0 Å². The molecular weight excluding hydrogens is 274 g/mol. The number of nitrogens with one attached hydrogen (secondary N) is 1. The van der Waals surface area contributed by atoms with Crippen molar-refractivity contribution < 1.29 is 24.9 Å². The predicted molar refractivity (Wildman–Crippen MR) is 75.8 cm³/mol. The van der Waals surface area contributed by atoms with Crippen LogP contribution in [0.5, 0.6) is 5.75 Å². The number of aromatic carboxylic acids is 2. The Hall–Kier alpha value is -3.02. The highest BCUT2D eigenvalue weighted by Gasteiger charge is 2.11. The number of phenolic OH excluding ortho intramolecular Hbond substituents is 1. The van der Waals surface area contributed by atoms with E-state index in [1.165, 1.54) is 18.2 Å². The number of hydrogen-bond donors (Lipinski definition) is 4. The number of carboxylic acid groups (broad SMARTS) is 2. The van der Waals surface area contributed by atoms with Crippen LogP contribution in [0.3, 0.4) is 0 Å². The van der Waals surface area contributed by atoms with E-state index in [1.54, 1.807) is 18.2 Å². The number of rotatable bonds is 5. The highest BCUT2D eigenvalue weighted by Crippen LogP contribution is 2.20. The lowest BCUT2D eigenvalue weighted by Crippen LogP contribution is -2.06. The number of para-hydroxylation sites is 1. The maximum absolute atomic E-state index is 11.0. The van der Waals surface area contributed by atoms with Gasteiger partial charge in [0.15, 0.2) is 0 Å². The Bertz CT molecular complexity index is 664. The number of carboxylic acids is 2. The molecule has 0 aromatic heterocycles. The molecule has 0 fully saturated rings. The van der Waals surface area contributed by atoms with E-state index >= 15 is 0 Å². The number of hydrogen-bond acceptors (Lipinski definition) is 4. The van der Waals surface area contributed by atoms with Crippen LogP contribution in [0.1, 0.15) is 26.3 Å². The third kappa shape index (κ3) is 3.50. The van der Waals surface area contributed by atoms with Crippen LogP contribution < -0.4 is 5.32 Å². The van der Waals surface area contributed by atoms with E-state index in [0.717, 1.165) is 6.07 Å². The van der Waals surface area contributed by atoms with Crippen molar-refractivity contribution >= 4 is 17.6 Å². The van der Waals surface area contributed by atoms with Crippen LogP contribution in [0.2, 0.25) is 0 Å². The van der Waals surface area contributed by atoms with Gasteiger partial charge in [0.25, 0.3) is 0 Å². The molecule has 0 saturated heterocycles. The average molecular weight is 287 g/mol. The highest BCUT2D eigenvalue weighted by molar-refractivity contribution is 5.95. The molecule has 2 aromatic rings. The molecular formula is C15H13NO5. The fourth-order valence-corrected chi connectivity index (χ4v) is 1.83. The molecule has 0 bridgehead atoms. The van der Waals surface area contributed by atoms with Crippen molar-refractivity contribution in [3.63, 3.8) is 0 Å². The largest absolute Gasteiger partial charge is 0.508 e. The summed E-state index contributed by atoms with van der Waals surface area (Å²) < 4.78 is 0. The molecule has 0 atom stereocenters. The summed E-state index contributed by atoms with van der Waals surface area (Å²) in [4.78, 5) is 22.0. The van der Waals surface area contributed by atoms with Crippen LogP contribution in [0.15, 0.2) is 42.5 Å². The van der Waals surface area contributed by atoms with Gasteiger partial charge in [-0.2, -0.15) is 0 Å². The summed E-state index contributed by atoms with van der Waals surface area (Å²) in [5.41, 5.74) is 0.745. The second kappa shape index (κ2) is 5.96. The van der Waals surface area contributed by atoms with Crippen LogP contribution in [-0.4, -0.2) is 27.3 Å². The lowest BCUT2D eigenvalue weighted by molar-refractivity contribution is 0.0696. The zero-order valence-electron chi connectivity index (χ0n) is 10.9. The molecule has 0 spiro atoms. The standard InChI is InChI=1S/C15H13NO5/c17-13-4-2-1-3-9(13)8-16-12-6-10(14(18)19)5-11(7-12)15(20)21/h1-7,16-17H,8H2,(H,18,19)(H,20,21). The first-order valence-corrected chi connectivity index (χ1v) is 6.10. The molecule has 0 unspecified atom stereocenters. The van der Waals surface area contributed by atoms with Crippen molar-refractivity contribution in [3.8, 4) is 5.75 Å². The van der Waals surface area contributed by atoms with Crippen LogP contribution in [0, 0.1) is 0 Å². The molecule has 6 nitrogen and oxygen atoms in total. The topological polar surface area (TPSA) is 107 Å². The molecule has 0 aliphatic carbocycles. The van der Waals surface area contributed by atoms with Gasteiger partial charge in [-0.15, -0.1) is 0 Å². The molecule has 2 aromatic carbocycles. The maximum atomic E-state index is 11.0. The molecule has 0 heterocycles. The molecule has 6 heteroatoms. The number of aromatic hydroxyl groups is 1. The Labute approximate surface area is 120 Å². The van der Waals surface area contributed by atoms with Gasteiger partial charge in [0, 0.05) is 17.8 Å². The van der Waals surface area contributed by atoms with Crippen LogP contribution in [0.25, 0.3) is 0 Å². The van der Waals surface area contributed by atoms with Gasteiger partial charge in [0.05, 0.1) is 11.1 Å². The van der Waals surface area contributed by atoms with E-state index < -0.39 is 11.9 Å². The second-order valence-corrected chi connectivity index (χ2v) is 4.39. The Balaban J connectivity index is 2.25. The summed E-state index contributed by atoms with van der Waals surface area (Å²) >= 11 is 0. The molecule has 108 valence electrons. The minimum atomic E-state index is -1.20. The van der Waals surface area contributed by atoms with E-state index in [2.05, 4.69) is 5.32 Å². The van der Waals surface area contributed by atoms with E-state index in [0.29, 0.717) is 11.3 Å². The van der Waals surface area contributed by atoms with Gasteiger partial charge in [0.2, 0.25) is 0 Å². The van der Waals surface area contributed by atoms with Gasteiger partial charge in [0.1, 0.15) is 5.75 Å². The van der Waals surface area contributed by atoms with E-state index in [4.69, 9.17) is 10.2 Å². The summed E-state index contributed by atoms with van der Waals surface area (Å²) in [7, 11) is 0. The fourth-order valence-electron chi connectivity index (χ4n) is 1.83. The zero-order valence-corrected chi connectivity index (χ0v) is 10.9. The molecule has 0 saturated carbocycles. The lowest BCUT2D eigenvalue weighted by Gasteiger charge is -2.10. The van der Waals surface area contributed by atoms with Crippen LogP contribution >= 0.6 is 0 Å². The SMILES string of the molecule is O=C(O)c1cc(NCc2ccccc2O)cc(C(=O)O)c1. The molecule has 21 heavy (non-hydrogen) atoms. The number of benzene rings is 2. The van der Waals surface area contributed by atoms with Crippen molar-refractivity contribution in [1.82, 2.24) is 0 Å². The molecule has 0 radical (unpaired) electrons. The normalized spacial score (nSPS) is 10.1. The Kier molecular flexibility index (Phi) is 4.08. The molecule has 0 aliphatic heterocycles. The monoisotopic (exact) mass is 287 g/mol. The van der Waals surface area contributed by atoms with Crippen molar-refractivity contribution in [2.45, 2.75) is 6.54 Å². The van der Waals surface area contributed by atoms with Gasteiger partial charge in [-0.1, -0.05) is 18.2 Å². The maximum Gasteiger partial charge on any atom is 0.335 e. The zero-order chi connectivity index (χ0) is 15.4. The number of phenols is 1. The molecule has 4 N–H and O–H groups in total. The first kappa shape index (κ1) is 14.4. The minimum absolute atomic E-state index is 0.109. The van der Waals surface area contributed by atoms with Crippen molar-refractivity contribution in [2.24, 2.45) is 0 Å². The molecule has 0 aliphatic rings. The summed E-state index contributed by atoms with van der Waals surface area (Å²) in [6.07, 6.45) is 0. The third-order valence-electron chi connectivity index (χ3n) is 2.90. The summed E-state index contributed by atoms with van der Waals surface area (Å²) in [6, 6.07) is 10.5. The minimum Gasteiger partial charge on any atom is -0.508 e. The smallest absolute Gasteiger partial charge is 0.335 e. The van der Waals surface area contributed by atoms with Gasteiger partial charge in [-0.05, 0) is 24.3 Å².